The number of hydrogen-bond acceptors (Lipinski definition) is 5. The lowest BCUT2D eigenvalue weighted by Gasteiger charge is -2.26. The molecule has 1 atom stereocenters. The second-order valence-electron chi connectivity index (χ2n) is 8.00. The molecule has 1 aromatic carbocycles. The average molecular weight is 429 g/mol. The van der Waals surface area contributed by atoms with Crippen LogP contribution in [0.15, 0.2) is 34.2 Å². The summed E-state index contributed by atoms with van der Waals surface area (Å²) in [7, 11) is 0. The van der Waals surface area contributed by atoms with Crippen molar-refractivity contribution in [3.05, 3.63) is 50.6 Å². The summed E-state index contributed by atoms with van der Waals surface area (Å²) in [5.74, 6) is 1.39. The van der Waals surface area contributed by atoms with Crippen molar-refractivity contribution in [3.8, 4) is 5.69 Å². The zero-order valence-electron chi connectivity index (χ0n) is 17.5. The summed E-state index contributed by atoms with van der Waals surface area (Å²) in [4.78, 5) is 20.8. The quantitative estimate of drug-likeness (QED) is 0.285. The van der Waals surface area contributed by atoms with E-state index in [0.717, 1.165) is 62.1 Å². The number of thioether (sulfide) groups is 1. The van der Waals surface area contributed by atoms with Crippen molar-refractivity contribution in [2.45, 2.75) is 64.8 Å². The van der Waals surface area contributed by atoms with Gasteiger partial charge in [-0.15, -0.1) is 11.3 Å². The lowest BCUT2D eigenvalue weighted by Crippen LogP contribution is -2.28. The van der Waals surface area contributed by atoms with Gasteiger partial charge >= 0.3 is 0 Å². The first-order valence-corrected chi connectivity index (χ1v) is 12.2. The van der Waals surface area contributed by atoms with Crippen molar-refractivity contribution in [3.63, 3.8) is 0 Å². The Kier molecular flexibility index (Phi) is 6.13. The molecular weight excluding hydrogens is 400 g/mol. The Bertz CT molecular complexity index is 1080. The van der Waals surface area contributed by atoms with Crippen molar-refractivity contribution in [2.75, 3.05) is 5.75 Å². The molecule has 3 aromatic rings. The van der Waals surface area contributed by atoms with E-state index in [1.165, 1.54) is 0 Å². The van der Waals surface area contributed by atoms with Crippen LogP contribution >= 0.6 is 23.1 Å². The Morgan fingerprint density at radius 3 is 2.86 bits per heavy atom. The van der Waals surface area contributed by atoms with Crippen molar-refractivity contribution in [1.82, 2.24) is 9.55 Å². The molecule has 0 spiro atoms. The summed E-state index contributed by atoms with van der Waals surface area (Å²) in [5.41, 5.74) is 3.23. The number of nitrogens with zero attached hydrogens (tertiary/aromatic N) is 2. The van der Waals surface area contributed by atoms with Gasteiger partial charge in [-0.25, -0.2) is 4.98 Å². The molecule has 0 saturated carbocycles. The van der Waals surface area contributed by atoms with Crippen LogP contribution in [-0.4, -0.2) is 21.4 Å². The number of fused-ring (bicyclic) bond motifs is 3. The highest BCUT2D eigenvalue weighted by Gasteiger charge is 2.28. The van der Waals surface area contributed by atoms with Gasteiger partial charge < -0.3 is 4.74 Å². The van der Waals surface area contributed by atoms with Gasteiger partial charge in [0.1, 0.15) is 4.83 Å². The van der Waals surface area contributed by atoms with Gasteiger partial charge in [0.05, 0.1) is 23.8 Å². The highest BCUT2D eigenvalue weighted by molar-refractivity contribution is 7.99. The van der Waals surface area contributed by atoms with Gasteiger partial charge in [-0.2, -0.15) is 0 Å². The van der Waals surface area contributed by atoms with Gasteiger partial charge in [0.2, 0.25) is 0 Å². The van der Waals surface area contributed by atoms with Crippen molar-refractivity contribution >= 4 is 33.3 Å². The van der Waals surface area contributed by atoms with Crippen LogP contribution in [0.3, 0.4) is 0 Å². The lowest BCUT2D eigenvalue weighted by molar-refractivity contribution is 0.00200. The number of ether oxygens (including phenoxy) is 1. The highest BCUT2D eigenvalue weighted by atomic mass is 32.2. The van der Waals surface area contributed by atoms with Crippen LogP contribution in [0.5, 0.6) is 0 Å². The van der Waals surface area contributed by atoms with Crippen molar-refractivity contribution < 1.29 is 4.74 Å². The van der Waals surface area contributed by atoms with E-state index in [1.54, 1.807) is 23.1 Å². The van der Waals surface area contributed by atoms with Gasteiger partial charge in [0.25, 0.3) is 5.56 Å². The Labute approximate surface area is 180 Å². The number of rotatable bonds is 6. The van der Waals surface area contributed by atoms with E-state index >= 15 is 0 Å². The smallest absolute Gasteiger partial charge is 0.267 e. The molecule has 0 fully saturated rings. The average Bonchev–Trinajstić information content (AvgIpc) is 3.07. The molecule has 3 heterocycles. The summed E-state index contributed by atoms with van der Waals surface area (Å²) in [6.45, 7) is 9.18. The molecule has 2 aromatic heterocycles. The zero-order chi connectivity index (χ0) is 20.5. The maximum Gasteiger partial charge on any atom is 0.267 e. The van der Waals surface area contributed by atoms with Crippen molar-refractivity contribution in [2.24, 2.45) is 5.92 Å². The van der Waals surface area contributed by atoms with Crippen molar-refractivity contribution in [1.29, 1.82) is 0 Å². The van der Waals surface area contributed by atoms with E-state index in [0.29, 0.717) is 12.5 Å². The van der Waals surface area contributed by atoms with Gasteiger partial charge in [-0.1, -0.05) is 57.2 Å². The molecule has 1 aliphatic rings. The second kappa shape index (κ2) is 8.62. The fourth-order valence-electron chi connectivity index (χ4n) is 3.77. The standard InChI is InChI=1S/C23H28N2O2S2/c1-5-6-11-28-23-24-21-20(16-12-18(14(2)3)27-13-19(16)29-21)22(26)25(23)17-10-8-7-9-15(17)4/h7-10,14,18H,5-6,11-13H2,1-4H3/t18-/m0/s1. The Balaban J connectivity index is 1.92. The largest absolute Gasteiger partial charge is 0.372 e. The van der Waals surface area contributed by atoms with Gasteiger partial charge in [0, 0.05) is 17.1 Å². The van der Waals surface area contributed by atoms with E-state index in [2.05, 4.69) is 33.8 Å². The molecule has 0 saturated heterocycles. The molecule has 0 radical (unpaired) electrons. The number of thiophene rings is 1. The van der Waals surface area contributed by atoms with E-state index in [-0.39, 0.29) is 11.7 Å². The van der Waals surface area contributed by atoms with Gasteiger partial charge in [-0.05, 0) is 36.5 Å². The van der Waals surface area contributed by atoms with Gasteiger partial charge in [-0.3, -0.25) is 9.36 Å². The third-order valence-corrected chi connectivity index (χ3v) is 7.66. The van der Waals surface area contributed by atoms with Gasteiger partial charge in [0.15, 0.2) is 5.16 Å². The second-order valence-corrected chi connectivity index (χ2v) is 10.2. The monoisotopic (exact) mass is 428 g/mol. The molecule has 4 nitrogen and oxygen atoms in total. The molecule has 6 heteroatoms. The first-order chi connectivity index (χ1) is 14.0. The number of benzene rings is 1. The van der Waals surface area contributed by atoms with Crippen LogP contribution < -0.4 is 5.56 Å². The van der Waals surface area contributed by atoms with E-state index in [1.807, 2.05) is 22.8 Å². The molecule has 0 aliphatic carbocycles. The molecule has 0 amide bonds. The summed E-state index contributed by atoms with van der Waals surface area (Å²) in [6, 6.07) is 8.08. The van der Waals surface area contributed by atoms with Crippen LogP contribution in [0.25, 0.3) is 15.9 Å². The minimum Gasteiger partial charge on any atom is -0.372 e. The first kappa shape index (κ1) is 20.6. The molecule has 0 N–H and O–H groups in total. The number of hydrogen-bond donors (Lipinski definition) is 0. The van der Waals surface area contributed by atoms with Crippen LogP contribution in [0, 0.1) is 12.8 Å². The molecule has 0 unspecified atom stereocenters. The maximum atomic E-state index is 13.8. The number of aromatic nitrogens is 2. The summed E-state index contributed by atoms with van der Waals surface area (Å²) < 4.78 is 7.89. The molecule has 154 valence electrons. The van der Waals surface area contributed by atoms with E-state index in [4.69, 9.17) is 9.72 Å². The Morgan fingerprint density at radius 1 is 1.34 bits per heavy atom. The summed E-state index contributed by atoms with van der Waals surface area (Å²) >= 11 is 3.31. The number of para-hydroxylation sites is 1. The Hall–Kier alpha value is -1.63. The fourth-order valence-corrected chi connectivity index (χ4v) is 6.02. The van der Waals surface area contributed by atoms with Crippen LogP contribution in [0.1, 0.15) is 49.6 Å². The molecule has 1 aliphatic heterocycles. The third-order valence-electron chi connectivity index (χ3n) is 5.54. The summed E-state index contributed by atoms with van der Waals surface area (Å²) in [6.07, 6.45) is 3.19. The number of unbranched alkanes of at least 4 members (excludes halogenated alkanes) is 1. The zero-order valence-corrected chi connectivity index (χ0v) is 19.2. The van der Waals surface area contributed by atoms with Crippen LogP contribution in [0.2, 0.25) is 0 Å². The molecule has 4 rings (SSSR count). The van der Waals surface area contributed by atoms with E-state index < -0.39 is 0 Å². The van der Waals surface area contributed by atoms with E-state index in [9.17, 15) is 4.79 Å². The maximum absolute atomic E-state index is 13.8. The number of aryl methyl sites for hydroxylation is 1. The minimum absolute atomic E-state index is 0.0604. The molecular formula is C23H28N2O2S2. The minimum atomic E-state index is 0.0604. The van der Waals surface area contributed by atoms with Crippen LogP contribution in [-0.2, 0) is 17.8 Å². The molecule has 0 bridgehead atoms. The Morgan fingerprint density at radius 2 is 2.14 bits per heavy atom. The SMILES string of the molecule is CCCCSc1nc2sc3c(c2c(=O)n1-c1ccccc1C)C[C@@H](C(C)C)OC3. The summed E-state index contributed by atoms with van der Waals surface area (Å²) in [5, 5.41) is 1.59. The lowest BCUT2D eigenvalue weighted by atomic mass is 9.96. The first-order valence-electron chi connectivity index (χ1n) is 10.4. The predicted molar refractivity (Wildman–Crippen MR) is 123 cm³/mol. The highest BCUT2D eigenvalue weighted by Crippen LogP contribution is 2.36. The normalized spacial score (nSPS) is 16.5. The fraction of sp³-hybridized carbons (Fsp3) is 0.478. The molecule has 29 heavy (non-hydrogen) atoms. The van der Waals surface area contributed by atoms with Crippen LogP contribution in [0.4, 0.5) is 0 Å². The third kappa shape index (κ3) is 3.90. The topological polar surface area (TPSA) is 44.1 Å². The predicted octanol–water partition coefficient (Wildman–Crippen LogP) is 5.75.